The fraction of sp³-hybridized carbons (Fsp3) is 0.800. The molecular formula is C5H13N2O5P. The van der Waals surface area contributed by atoms with Crippen molar-refractivity contribution in [1.82, 2.24) is 0 Å². The fourth-order valence-electron chi connectivity index (χ4n) is 0.702. The molecule has 1 unspecified atom stereocenters. The van der Waals surface area contributed by atoms with E-state index in [4.69, 9.17) is 21.3 Å². The third-order valence-electron chi connectivity index (χ3n) is 1.23. The predicted molar refractivity (Wildman–Crippen MR) is 44.6 cm³/mol. The molecule has 0 aromatic heterocycles. The van der Waals surface area contributed by atoms with Crippen LogP contribution in [-0.4, -0.2) is 34.8 Å². The van der Waals surface area contributed by atoms with Gasteiger partial charge in [0, 0.05) is 13.0 Å². The Morgan fingerprint density at radius 3 is 2.31 bits per heavy atom. The molecule has 0 rings (SSSR count). The second kappa shape index (κ2) is 5.43. The van der Waals surface area contributed by atoms with E-state index in [1.165, 1.54) is 0 Å². The largest absolute Gasteiger partial charge is 0.470 e. The Hall–Kier alpha value is -0.300. The number of hydrogen-bond acceptors (Lipinski definition) is 5. The summed E-state index contributed by atoms with van der Waals surface area (Å²) < 4.78 is 14.5. The molecule has 0 saturated carbocycles. The summed E-state index contributed by atoms with van der Waals surface area (Å²) in [5, 5.41) is 0. The van der Waals surface area contributed by atoms with Gasteiger partial charge in [0.2, 0.25) is 0 Å². The van der Waals surface area contributed by atoms with Crippen molar-refractivity contribution in [2.75, 3.05) is 13.1 Å². The van der Waals surface area contributed by atoms with Crippen molar-refractivity contribution in [2.45, 2.75) is 12.5 Å². The predicted octanol–water partition coefficient (Wildman–Crippen LogP) is -1.66. The number of Topliss-reactive ketones (excluding diaryl/α,β-unsaturated/α-hetero) is 1. The van der Waals surface area contributed by atoms with Crippen molar-refractivity contribution in [1.29, 1.82) is 0 Å². The molecule has 0 aromatic rings. The molecule has 0 amide bonds. The number of carbonyl (C=O) groups excluding carboxylic acids is 1. The summed E-state index contributed by atoms with van der Waals surface area (Å²) >= 11 is 0. The van der Waals surface area contributed by atoms with Crippen LogP contribution >= 0.6 is 7.82 Å². The first-order chi connectivity index (χ1) is 5.90. The molecule has 0 aliphatic rings. The van der Waals surface area contributed by atoms with E-state index in [1.807, 2.05) is 0 Å². The third-order valence-corrected chi connectivity index (χ3v) is 1.76. The summed E-state index contributed by atoms with van der Waals surface area (Å²) in [6.45, 7) is -0.177. The standard InChI is InChI=1S/C5H13N2O5P/c6-2-1-4(8)5(3-7)12-13(9,10)11/h5H,1-3,6-7H2,(H2,9,10,11). The normalized spacial score (nSPS) is 14.2. The molecule has 6 N–H and O–H groups in total. The monoisotopic (exact) mass is 212 g/mol. The average Bonchev–Trinajstić information content (AvgIpc) is 1.99. The molecule has 0 spiro atoms. The Balaban J connectivity index is 4.18. The Labute approximate surface area is 75.3 Å². The molecule has 0 radical (unpaired) electrons. The lowest BCUT2D eigenvalue weighted by molar-refractivity contribution is -0.126. The highest BCUT2D eigenvalue weighted by atomic mass is 31.2. The molecule has 78 valence electrons. The molecule has 0 bridgehead atoms. The Kier molecular flexibility index (Phi) is 5.31. The van der Waals surface area contributed by atoms with Gasteiger partial charge in [0.1, 0.15) is 6.10 Å². The van der Waals surface area contributed by atoms with Gasteiger partial charge in [-0.2, -0.15) is 0 Å². The maximum atomic E-state index is 11.0. The van der Waals surface area contributed by atoms with E-state index < -0.39 is 19.7 Å². The van der Waals surface area contributed by atoms with E-state index in [2.05, 4.69) is 4.52 Å². The van der Waals surface area contributed by atoms with Gasteiger partial charge in [-0.15, -0.1) is 0 Å². The molecule has 0 saturated heterocycles. The van der Waals surface area contributed by atoms with E-state index in [1.54, 1.807) is 0 Å². The lowest BCUT2D eigenvalue weighted by Gasteiger charge is -2.14. The van der Waals surface area contributed by atoms with Gasteiger partial charge in [-0.3, -0.25) is 9.32 Å². The Bertz CT molecular complexity index is 215. The van der Waals surface area contributed by atoms with Gasteiger partial charge in [0.05, 0.1) is 0 Å². The zero-order valence-corrected chi connectivity index (χ0v) is 7.81. The third kappa shape index (κ3) is 5.87. The summed E-state index contributed by atoms with van der Waals surface area (Å²) in [6.07, 6.45) is -1.29. The van der Waals surface area contributed by atoms with Crippen LogP contribution < -0.4 is 11.5 Å². The molecule has 13 heavy (non-hydrogen) atoms. The summed E-state index contributed by atoms with van der Waals surface area (Å²) in [6, 6.07) is 0. The Morgan fingerprint density at radius 1 is 1.46 bits per heavy atom. The highest BCUT2D eigenvalue weighted by molar-refractivity contribution is 7.46. The topological polar surface area (TPSA) is 136 Å². The van der Waals surface area contributed by atoms with Crippen LogP contribution in [0.25, 0.3) is 0 Å². The van der Waals surface area contributed by atoms with Gasteiger partial charge >= 0.3 is 7.82 Å². The van der Waals surface area contributed by atoms with Crippen LogP contribution in [0.1, 0.15) is 6.42 Å². The van der Waals surface area contributed by atoms with Gasteiger partial charge in [-0.1, -0.05) is 0 Å². The number of hydrogen-bond donors (Lipinski definition) is 4. The van der Waals surface area contributed by atoms with E-state index in [0.717, 1.165) is 0 Å². The smallest absolute Gasteiger partial charge is 0.330 e. The number of nitrogens with two attached hydrogens (primary N) is 2. The van der Waals surface area contributed by atoms with Gasteiger partial charge < -0.3 is 21.3 Å². The highest BCUT2D eigenvalue weighted by Gasteiger charge is 2.26. The minimum absolute atomic E-state index is 0.0120. The van der Waals surface area contributed by atoms with Crippen LogP contribution in [0.4, 0.5) is 0 Å². The van der Waals surface area contributed by atoms with E-state index >= 15 is 0 Å². The van der Waals surface area contributed by atoms with Crippen LogP contribution in [0, 0.1) is 0 Å². The second-order valence-electron chi connectivity index (χ2n) is 2.33. The summed E-state index contributed by atoms with van der Waals surface area (Å²) in [7, 11) is -4.66. The zero-order chi connectivity index (χ0) is 10.5. The lowest BCUT2D eigenvalue weighted by Crippen LogP contribution is -2.32. The minimum atomic E-state index is -4.66. The number of rotatable bonds is 6. The number of phosphoric acid groups is 1. The van der Waals surface area contributed by atoms with Crippen molar-refractivity contribution < 1.29 is 23.7 Å². The maximum Gasteiger partial charge on any atom is 0.470 e. The van der Waals surface area contributed by atoms with Crippen molar-refractivity contribution >= 4 is 13.6 Å². The molecular weight excluding hydrogens is 199 g/mol. The van der Waals surface area contributed by atoms with Crippen molar-refractivity contribution in [3.8, 4) is 0 Å². The molecule has 0 aliphatic carbocycles. The van der Waals surface area contributed by atoms with E-state index in [0.29, 0.717) is 0 Å². The zero-order valence-electron chi connectivity index (χ0n) is 6.92. The van der Waals surface area contributed by atoms with Crippen LogP contribution in [-0.2, 0) is 13.9 Å². The molecule has 0 heterocycles. The molecule has 0 fully saturated rings. The lowest BCUT2D eigenvalue weighted by atomic mass is 10.2. The second-order valence-corrected chi connectivity index (χ2v) is 3.52. The minimum Gasteiger partial charge on any atom is -0.330 e. The molecule has 1 atom stereocenters. The number of ketones is 1. The Morgan fingerprint density at radius 2 is 2.00 bits per heavy atom. The first-order valence-corrected chi connectivity index (χ1v) is 5.10. The summed E-state index contributed by atoms with van der Waals surface area (Å²) in [4.78, 5) is 27.8. The number of phosphoric ester groups is 1. The first-order valence-electron chi connectivity index (χ1n) is 3.57. The summed E-state index contributed by atoms with van der Waals surface area (Å²) in [5.74, 6) is -0.506. The summed E-state index contributed by atoms with van der Waals surface area (Å²) in [5.41, 5.74) is 10.2. The van der Waals surface area contributed by atoms with Crippen LogP contribution in [0.2, 0.25) is 0 Å². The molecule has 0 aliphatic heterocycles. The molecule has 8 heteroatoms. The van der Waals surface area contributed by atoms with Crippen LogP contribution in [0.3, 0.4) is 0 Å². The highest BCUT2D eigenvalue weighted by Crippen LogP contribution is 2.37. The van der Waals surface area contributed by atoms with Gasteiger partial charge in [-0.05, 0) is 6.54 Å². The van der Waals surface area contributed by atoms with Gasteiger partial charge in [-0.25, -0.2) is 4.57 Å². The van der Waals surface area contributed by atoms with E-state index in [-0.39, 0.29) is 19.5 Å². The SMILES string of the molecule is NCCC(=O)C(CN)OP(=O)(O)O. The first kappa shape index (κ1) is 12.7. The van der Waals surface area contributed by atoms with Crippen molar-refractivity contribution in [3.63, 3.8) is 0 Å². The maximum absolute atomic E-state index is 11.0. The fourth-order valence-corrected chi connectivity index (χ4v) is 1.24. The quantitative estimate of drug-likeness (QED) is 0.387. The molecule has 7 nitrogen and oxygen atoms in total. The van der Waals surface area contributed by atoms with Crippen molar-refractivity contribution in [2.24, 2.45) is 11.5 Å². The average molecular weight is 212 g/mol. The van der Waals surface area contributed by atoms with Gasteiger partial charge in [0.25, 0.3) is 0 Å². The van der Waals surface area contributed by atoms with Crippen molar-refractivity contribution in [3.05, 3.63) is 0 Å². The van der Waals surface area contributed by atoms with Crippen LogP contribution in [0.15, 0.2) is 0 Å². The van der Waals surface area contributed by atoms with Crippen LogP contribution in [0.5, 0.6) is 0 Å². The number of carbonyl (C=O) groups is 1. The van der Waals surface area contributed by atoms with E-state index in [9.17, 15) is 9.36 Å². The molecule has 0 aromatic carbocycles. The van der Waals surface area contributed by atoms with Gasteiger partial charge in [0.15, 0.2) is 5.78 Å².